The summed E-state index contributed by atoms with van der Waals surface area (Å²) in [6.45, 7) is 0.176. The standard InChI is InChI=1S/C13H14F2N2O3S/c14-9-3-8(4-10(15)5-9)1-2-16-13(20)17-7-21-6-11(17)12(18)19/h3-5,11H,1-2,6-7H2,(H,16,20)(H,18,19)/t11-/m0/s1. The van der Waals surface area contributed by atoms with Crippen molar-refractivity contribution in [3.8, 4) is 0 Å². The molecule has 1 aromatic rings. The van der Waals surface area contributed by atoms with Crippen LogP contribution in [0.2, 0.25) is 0 Å². The summed E-state index contributed by atoms with van der Waals surface area (Å²) < 4.78 is 26.0. The Hall–Kier alpha value is -1.83. The monoisotopic (exact) mass is 316 g/mol. The molecule has 0 aromatic heterocycles. The SMILES string of the molecule is O=C(O)[C@@H]1CSCN1C(=O)NCCc1cc(F)cc(F)c1. The Labute approximate surface area is 124 Å². The summed E-state index contributed by atoms with van der Waals surface area (Å²) >= 11 is 1.37. The van der Waals surface area contributed by atoms with E-state index < -0.39 is 29.7 Å². The quantitative estimate of drug-likeness (QED) is 0.887. The average molecular weight is 316 g/mol. The zero-order valence-electron chi connectivity index (χ0n) is 11.0. The predicted molar refractivity (Wildman–Crippen MR) is 74.0 cm³/mol. The number of aliphatic carboxylic acids is 1. The summed E-state index contributed by atoms with van der Waals surface area (Å²) in [5.74, 6) is -1.70. The molecule has 1 aliphatic heterocycles. The first-order chi connectivity index (χ1) is 9.97. The van der Waals surface area contributed by atoms with E-state index in [1.54, 1.807) is 0 Å². The smallest absolute Gasteiger partial charge is 0.327 e. The molecule has 0 bridgehead atoms. The fourth-order valence-corrected chi connectivity index (χ4v) is 3.16. The minimum Gasteiger partial charge on any atom is -0.480 e. The Morgan fingerprint density at radius 3 is 2.62 bits per heavy atom. The van der Waals surface area contributed by atoms with Gasteiger partial charge >= 0.3 is 12.0 Å². The Morgan fingerprint density at radius 1 is 1.33 bits per heavy atom. The minimum absolute atomic E-state index is 0.176. The largest absolute Gasteiger partial charge is 0.480 e. The van der Waals surface area contributed by atoms with E-state index in [4.69, 9.17) is 5.11 Å². The number of carboxylic acid groups (broad SMARTS) is 1. The maximum Gasteiger partial charge on any atom is 0.327 e. The van der Waals surface area contributed by atoms with Gasteiger partial charge in [-0.1, -0.05) is 0 Å². The highest BCUT2D eigenvalue weighted by atomic mass is 32.2. The second kappa shape index (κ2) is 6.75. The Bertz CT molecular complexity index is 536. The van der Waals surface area contributed by atoms with Crippen LogP contribution in [0.4, 0.5) is 13.6 Å². The van der Waals surface area contributed by atoms with E-state index in [1.807, 2.05) is 0 Å². The minimum atomic E-state index is -1.04. The predicted octanol–water partition coefficient (Wildman–Crippen LogP) is 1.68. The van der Waals surface area contributed by atoms with Gasteiger partial charge in [0, 0.05) is 18.4 Å². The highest BCUT2D eigenvalue weighted by Gasteiger charge is 2.34. The summed E-state index contributed by atoms with van der Waals surface area (Å²) in [6, 6.07) is 1.86. The number of halogens is 2. The van der Waals surface area contributed by atoms with Crippen LogP contribution in [0.15, 0.2) is 18.2 Å². The van der Waals surface area contributed by atoms with Gasteiger partial charge in [-0.15, -0.1) is 11.8 Å². The lowest BCUT2D eigenvalue weighted by molar-refractivity contribution is -0.140. The fourth-order valence-electron chi connectivity index (χ4n) is 2.02. The first-order valence-electron chi connectivity index (χ1n) is 6.27. The molecule has 1 heterocycles. The number of nitrogens with zero attached hydrogens (tertiary/aromatic N) is 1. The maximum atomic E-state index is 13.0. The number of urea groups is 1. The zero-order valence-corrected chi connectivity index (χ0v) is 11.8. The van der Waals surface area contributed by atoms with Crippen molar-refractivity contribution >= 4 is 23.8 Å². The van der Waals surface area contributed by atoms with Crippen molar-refractivity contribution in [2.45, 2.75) is 12.5 Å². The van der Waals surface area contributed by atoms with E-state index in [1.165, 1.54) is 28.8 Å². The number of rotatable bonds is 4. The van der Waals surface area contributed by atoms with Gasteiger partial charge in [-0.3, -0.25) is 0 Å². The Morgan fingerprint density at radius 2 is 2.00 bits per heavy atom. The number of thioether (sulfide) groups is 1. The van der Waals surface area contributed by atoms with Gasteiger partial charge in [0.25, 0.3) is 0 Å². The zero-order chi connectivity index (χ0) is 15.4. The topological polar surface area (TPSA) is 69.6 Å². The van der Waals surface area contributed by atoms with E-state index in [0.29, 0.717) is 17.2 Å². The van der Waals surface area contributed by atoms with Crippen LogP contribution in [0, 0.1) is 11.6 Å². The van der Waals surface area contributed by atoms with E-state index in [-0.39, 0.29) is 13.0 Å². The first kappa shape index (κ1) is 15.6. The molecule has 21 heavy (non-hydrogen) atoms. The molecule has 1 atom stereocenters. The van der Waals surface area contributed by atoms with Crippen LogP contribution < -0.4 is 5.32 Å². The molecule has 1 aromatic carbocycles. The molecule has 2 N–H and O–H groups in total. The van der Waals surface area contributed by atoms with Crippen LogP contribution >= 0.6 is 11.8 Å². The molecular formula is C13H14F2N2O3S. The van der Waals surface area contributed by atoms with E-state index in [9.17, 15) is 18.4 Å². The first-order valence-corrected chi connectivity index (χ1v) is 7.43. The van der Waals surface area contributed by atoms with Gasteiger partial charge in [0.2, 0.25) is 0 Å². The molecule has 2 rings (SSSR count). The summed E-state index contributed by atoms with van der Waals surface area (Å²) in [5.41, 5.74) is 0.429. The lowest BCUT2D eigenvalue weighted by atomic mass is 10.1. The van der Waals surface area contributed by atoms with Crippen molar-refractivity contribution in [2.24, 2.45) is 0 Å². The van der Waals surface area contributed by atoms with Crippen molar-refractivity contribution < 1.29 is 23.5 Å². The summed E-state index contributed by atoms with van der Waals surface area (Å²) in [7, 11) is 0. The number of carbonyl (C=O) groups excluding carboxylic acids is 1. The van der Waals surface area contributed by atoms with Gasteiger partial charge in [-0.2, -0.15) is 0 Å². The third kappa shape index (κ3) is 4.07. The van der Waals surface area contributed by atoms with Crippen LogP contribution in [-0.4, -0.2) is 46.2 Å². The van der Waals surface area contributed by atoms with Gasteiger partial charge in [0.15, 0.2) is 0 Å². The van der Waals surface area contributed by atoms with Gasteiger partial charge in [0.05, 0.1) is 5.88 Å². The van der Waals surface area contributed by atoms with Crippen molar-refractivity contribution in [1.82, 2.24) is 10.2 Å². The highest BCUT2D eigenvalue weighted by molar-refractivity contribution is 7.99. The molecule has 114 valence electrons. The molecule has 0 radical (unpaired) electrons. The molecule has 1 fully saturated rings. The van der Waals surface area contributed by atoms with Crippen molar-refractivity contribution in [2.75, 3.05) is 18.2 Å². The molecule has 0 unspecified atom stereocenters. The number of hydrogen-bond acceptors (Lipinski definition) is 3. The molecule has 2 amide bonds. The van der Waals surface area contributed by atoms with Gasteiger partial charge < -0.3 is 15.3 Å². The third-order valence-corrected chi connectivity index (χ3v) is 4.05. The van der Waals surface area contributed by atoms with E-state index >= 15 is 0 Å². The lowest BCUT2D eigenvalue weighted by Gasteiger charge is -2.20. The normalized spacial score (nSPS) is 17.8. The second-order valence-corrected chi connectivity index (χ2v) is 5.58. The average Bonchev–Trinajstić information content (AvgIpc) is 2.86. The number of nitrogens with one attached hydrogen (secondary N) is 1. The lowest BCUT2D eigenvalue weighted by Crippen LogP contribution is -2.47. The van der Waals surface area contributed by atoms with Crippen LogP contribution in [0.5, 0.6) is 0 Å². The van der Waals surface area contributed by atoms with Crippen molar-refractivity contribution in [1.29, 1.82) is 0 Å². The number of hydrogen-bond donors (Lipinski definition) is 2. The molecule has 8 heteroatoms. The van der Waals surface area contributed by atoms with Crippen molar-refractivity contribution in [3.05, 3.63) is 35.4 Å². The summed E-state index contributed by atoms with van der Waals surface area (Å²) in [6.07, 6.45) is 0.263. The number of carbonyl (C=O) groups is 2. The fraction of sp³-hybridized carbons (Fsp3) is 0.385. The van der Waals surface area contributed by atoms with Crippen LogP contribution in [0.3, 0.4) is 0 Å². The van der Waals surface area contributed by atoms with Crippen LogP contribution in [0.25, 0.3) is 0 Å². The molecule has 5 nitrogen and oxygen atoms in total. The molecule has 0 spiro atoms. The number of benzene rings is 1. The highest BCUT2D eigenvalue weighted by Crippen LogP contribution is 2.20. The molecular weight excluding hydrogens is 302 g/mol. The van der Waals surface area contributed by atoms with Crippen LogP contribution in [0.1, 0.15) is 5.56 Å². The summed E-state index contributed by atoms with van der Waals surface area (Å²) in [4.78, 5) is 24.1. The van der Waals surface area contributed by atoms with E-state index in [2.05, 4.69) is 5.32 Å². The third-order valence-electron chi connectivity index (χ3n) is 3.04. The van der Waals surface area contributed by atoms with Crippen LogP contribution in [-0.2, 0) is 11.2 Å². The Balaban J connectivity index is 1.85. The summed E-state index contributed by atoms with van der Waals surface area (Å²) in [5, 5.41) is 11.5. The molecule has 0 aliphatic carbocycles. The van der Waals surface area contributed by atoms with Gasteiger partial charge in [0.1, 0.15) is 17.7 Å². The van der Waals surface area contributed by atoms with Gasteiger partial charge in [-0.05, 0) is 24.1 Å². The number of amides is 2. The maximum absolute atomic E-state index is 13.0. The van der Waals surface area contributed by atoms with E-state index in [0.717, 1.165) is 6.07 Å². The molecule has 1 aliphatic rings. The molecule has 1 saturated heterocycles. The molecule has 0 saturated carbocycles. The number of carboxylic acids is 1. The Kier molecular flexibility index (Phi) is 5.00. The van der Waals surface area contributed by atoms with Crippen molar-refractivity contribution in [3.63, 3.8) is 0 Å². The second-order valence-electron chi connectivity index (χ2n) is 4.58. The van der Waals surface area contributed by atoms with Gasteiger partial charge in [-0.25, -0.2) is 18.4 Å².